The molecule has 9 nitrogen and oxygen atoms in total. The number of amides is 4. The van der Waals surface area contributed by atoms with Crippen LogP contribution in [-0.4, -0.2) is 62.2 Å². The lowest BCUT2D eigenvalue weighted by molar-refractivity contribution is -0.130. The molecule has 1 aliphatic heterocycles. The van der Waals surface area contributed by atoms with Crippen LogP contribution >= 0.6 is 0 Å². The Labute approximate surface area is 174 Å². The van der Waals surface area contributed by atoms with Gasteiger partial charge in [-0.25, -0.2) is 17.5 Å². The maximum Gasteiger partial charge on any atom is 0.325 e. The number of rotatable bonds is 7. The number of sulfonamides is 1. The van der Waals surface area contributed by atoms with Crippen LogP contribution in [0, 0.1) is 0 Å². The standard InChI is InChI=1S/C20H22N4O5S/c1-23(2)30(28,29)16-10-6-9-15(12-16)21-18(25)13-24-19(26)17(22-20(24)27)11-14-7-4-3-5-8-14/h3-10,12,17H,11,13H2,1-2H3,(H,21,25)(H,22,27)/t17-/m0/s1. The number of nitrogens with zero attached hydrogens (tertiary/aromatic N) is 2. The Morgan fingerprint density at radius 1 is 1.10 bits per heavy atom. The Hall–Kier alpha value is -3.24. The summed E-state index contributed by atoms with van der Waals surface area (Å²) >= 11 is 0. The van der Waals surface area contributed by atoms with Crippen molar-refractivity contribution in [2.24, 2.45) is 0 Å². The summed E-state index contributed by atoms with van der Waals surface area (Å²) in [5, 5.41) is 5.12. The number of carbonyl (C=O) groups excluding carboxylic acids is 3. The molecule has 0 aliphatic carbocycles. The first-order chi connectivity index (χ1) is 14.2. The first-order valence-corrected chi connectivity index (χ1v) is 10.6. The number of hydrogen-bond donors (Lipinski definition) is 2. The van der Waals surface area contributed by atoms with Gasteiger partial charge in [0.1, 0.15) is 12.6 Å². The Kier molecular flexibility index (Phi) is 6.18. The van der Waals surface area contributed by atoms with E-state index in [-0.39, 0.29) is 10.6 Å². The molecule has 0 aromatic heterocycles. The average Bonchev–Trinajstić information content (AvgIpc) is 2.96. The highest BCUT2D eigenvalue weighted by molar-refractivity contribution is 7.89. The zero-order valence-electron chi connectivity index (χ0n) is 16.5. The smallest absolute Gasteiger partial charge is 0.325 e. The van der Waals surface area contributed by atoms with Crippen molar-refractivity contribution in [3.63, 3.8) is 0 Å². The molecule has 1 heterocycles. The highest BCUT2D eigenvalue weighted by Gasteiger charge is 2.38. The number of benzene rings is 2. The summed E-state index contributed by atoms with van der Waals surface area (Å²) in [6.07, 6.45) is 0.327. The quantitative estimate of drug-likeness (QED) is 0.637. The molecule has 2 aromatic carbocycles. The van der Waals surface area contributed by atoms with Crippen LogP contribution in [0.2, 0.25) is 0 Å². The molecule has 0 unspecified atom stereocenters. The number of urea groups is 1. The third kappa shape index (κ3) is 4.66. The van der Waals surface area contributed by atoms with Crippen molar-refractivity contribution in [1.82, 2.24) is 14.5 Å². The third-order valence-corrected chi connectivity index (χ3v) is 6.40. The summed E-state index contributed by atoms with van der Waals surface area (Å²) in [7, 11) is -0.845. The monoisotopic (exact) mass is 430 g/mol. The Morgan fingerprint density at radius 2 is 1.80 bits per heavy atom. The topological polar surface area (TPSA) is 116 Å². The molecule has 1 saturated heterocycles. The molecule has 0 radical (unpaired) electrons. The van der Waals surface area contributed by atoms with E-state index in [1.54, 1.807) is 0 Å². The largest absolute Gasteiger partial charge is 0.325 e. The van der Waals surface area contributed by atoms with Gasteiger partial charge in [0.2, 0.25) is 15.9 Å². The molecule has 0 saturated carbocycles. The van der Waals surface area contributed by atoms with Crippen LogP contribution in [0.3, 0.4) is 0 Å². The summed E-state index contributed by atoms with van der Waals surface area (Å²) in [4.78, 5) is 38.0. The first kappa shape index (κ1) is 21.5. The van der Waals surface area contributed by atoms with E-state index in [1.165, 1.54) is 38.4 Å². The van der Waals surface area contributed by atoms with Crippen molar-refractivity contribution in [2.75, 3.05) is 26.0 Å². The zero-order chi connectivity index (χ0) is 21.9. The number of carbonyl (C=O) groups is 3. The summed E-state index contributed by atoms with van der Waals surface area (Å²) in [5.74, 6) is -1.10. The number of nitrogens with one attached hydrogen (secondary N) is 2. The van der Waals surface area contributed by atoms with Gasteiger partial charge in [0, 0.05) is 26.2 Å². The van der Waals surface area contributed by atoms with E-state index in [0.717, 1.165) is 14.8 Å². The normalized spacial score (nSPS) is 16.6. The minimum atomic E-state index is -3.66. The maximum absolute atomic E-state index is 12.5. The molecule has 3 rings (SSSR count). The molecule has 1 atom stereocenters. The highest BCUT2D eigenvalue weighted by atomic mass is 32.2. The number of imide groups is 1. The van der Waals surface area contributed by atoms with Crippen LogP contribution in [0.15, 0.2) is 59.5 Å². The molecule has 2 aromatic rings. The van der Waals surface area contributed by atoms with E-state index < -0.39 is 40.5 Å². The Balaban J connectivity index is 1.65. The summed E-state index contributed by atoms with van der Waals surface area (Å²) in [5.41, 5.74) is 1.14. The minimum absolute atomic E-state index is 0.0169. The third-order valence-electron chi connectivity index (χ3n) is 4.59. The van der Waals surface area contributed by atoms with Gasteiger partial charge in [0.25, 0.3) is 5.91 Å². The number of hydrogen-bond acceptors (Lipinski definition) is 5. The number of anilines is 1. The van der Waals surface area contributed by atoms with Crippen LogP contribution in [0.25, 0.3) is 0 Å². The molecule has 2 N–H and O–H groups in total. The first-order valence-electron chi connectivity index (χ1n) is 9.17. The molecule has 158 valence electrons. The lowest BCUT2D eigenvalue weighted by Crippen LogP contribution is -2.38. The van der Waals surface area contributed by atoms with Gasteiger partial charge in [-0.1, -0.05) is 36.4 Å². The Morgan fingerprint density at radius 3 is 2.47 bits per heavy atom. The van der Waals surface area contributed by atoms with Gasteiger partial charge in [-0.3, -0.25) is 14.5 Å². The maximum atomic E-state index is 12.5. The SMILES string of the molecule is CN(C)S(=O)(=O)c1cccc(NC(=O)CN2C(=O)N[C@@H](Cc3ccccc3)C2=O)c1. The van der Waals surface area contributed by atoms with E-state index in [4.69, 9.17) is 0 Å². The summed E-state index contributed by atoms with van der Waals surface area (Å²) in [6.45, 7) is -0.472. The predicted octanol–water partition coefficient (Wildman–Crippen LogP) is 1.04. The van der Waals surface area contributed by atoms with Crippen LogP contribution in [-0.2, 0) is 26.0 Å². The molecule has 1 fully saturated rings. The minimum Gasteiger partial charge on any atom is -0.325 e. The van der Waals surface area contributed by atoms with E-state index in [9.17, 15) is 22.8 Å². The van der Waals surface area contributed by atoms with Crippen LogP contribution in [0.5, 0.6) is 0 Å². The zero-order valence-corrected chi connectivity index (χ0v) is 17.3. The van der Waals surface area contributed by atoms with E-state index in [2.05, 4.69) is 10.6 Å². The molecular formula is C20H22N4O5S. The second-order valence-electron chi connectivity index (χ2n) is 6.98. The Bertz CT molecular complexity index is 1070. The van der Waals surface area contributed by atoms with Gasteiger partial charge >= 0.3 is 6.03 Å². The van der Waals surface area contributed by atoms with Crippen LogP contribution < -0.4 is 10.6 Å². The van der Waals surface area contributed by atoms with Crippen molar-refractivity contribution < 1.29 is 22.8 Å². The fourth-order valence-corrected chi connectivity index (χ4v) is 3.95. The van der Waals surface area contributed by atoms with E-state index in [1.807, 2.05) is 30.3 Å². The van der Waals surface area contributed by atoms with Gasteiger partial charge in [-0.15, -0.1) is 0 Å². The van der Waals surface area contributed by atoms with Crippen molar-refractivity contribution in [3.05, 3.63) is 60.2 Å². The van der Waals surface area contributed by atoms with Crippen molar-refractivity contribution in [3.8, 4) is 0 Å². The van der Waals surface area contributed by atoms with Gasteiger partial charge in [0.05, 0.1) is 4.90 Å². The van der Waals surface area contributed by atoms with Crippen molar-refractivity contribution >= 4 is 33.6 Å². The second-order valence-corrected chi connectivity index (χ2v) is 9.13. The molecule has 10 heteroatoms. The summed E-state index contributed by atoms with van der Waals surface area (Å²) in [6, 6.07) is 13.6. The molecule has 0 spiro atoms. The molecule has 4 amide bonds. The van der Waals surface area contributed by atoms with Gasteiger partial charge in [-0.2, -0.15) is 0 Å². The van der Waals surface area contributed by atoms with Gasteiger partial charge in [-0.05, 0) is 23.8 Å². The molecular weight excluding hydrogens is 408 g/mol. The van der Waals surface area contributed by atoms with Crippen molar-refractivity contribution in [1.29, 1.82) is 0 Å². The van der Waals surface area contributed by atoms with Gasteiger partial charge < -0.3 is 10.6 Å². The lowest BCUT2D eigenvalue weighted by atomic mass is 10.1. The fraction of sp³-hybridized carbons (Fsp3) is 0.250. The van der Waals surface area contributed by atoms with E-state index >= 15 is 0 Å². The average molecular weight is 430 g/mol. The molecule has 1 aliphatic rings. The highest BCUT2D eigenvalue weighted by Crippen LogP contribution is 2.18. The second kappa shape index (κ2) is 8.64. The van der Waals surface area contributed by atoms with Gasteiger partial charge in [0.15, 0.2) is 0 Å². The van der Waals surface area contributed by atoms with Crippen LogP contribution in [0.1, 0.15) is 5.56 Å². The summed E-state index contributed by atoms with van der Waals surface area (Å²) < 4.78 is 25.5. The predicted molar refractivity (Wildman–Crippen MR) is 110 cm³/mol. The van der Waals surface area contributed by atoms with Crippen LogP contribution in [0.4, 0.5) is 10.5 Å². The van der Waals surface area contributed by atoms with E-state index in [0.29, 0.717) is 6.42 Å². The lowest BCUT2D eigenvalue weighted by Gasteiger charge is -2.15. The molecule has 30 heavy (non-hydrogen) atoms. The van der Waals surface area contributed by atoms with Crippen molar-refractivity contribution in [2.45, 2.75) is 17.4 Å². The fourth-order valence-electron chi connectivity index (χ4n) is 3.00. The molecule has 0 bridgehead atoms.